The standard InChI is InChI=1S/C23H26F2N2O3/c24-20-7-3-18(4-8-20)23(19-5-9-21(25)10-6-19)27-14-12-26(13-15-27)11-1-2-16-30-17-22(28)29/h1-10,23H,11-17H2,(H,28,29)/b2-1-. The summed E-state index contributed by atoms with van der Waals surface area (Å²) in [6, 6.07) is 12.9. The van der Waals surface area contributed by atoms with Crippen LogP contribution >= 0.6 is 0 Å². The molecule has 1 heterocycles. The van der Waals surface area contributed by atoms with E-state index in [9.17, 15) is 13.6 Å². The maximum absolute atomic E-state index is 13.4. The van der Waals surface area contributed by atoms with Crippen molar-refractivity contribution in [2.75, 3.05) is 45.9 Å². The number of halogens is 2. The molecule has 2 aromatic carbocycles. The van der Waals surface area contributed by atoms with Crippen LogP contribution in [0, 0.1) is 11.6 Å². The van der Waals surface area contributed by atoms with Gasteiger partial charge in [-0.15, -0.1) is 0 Å². The highest BCUT2D eigenvalue weighted by Gasteiger charge is 2.26. The summed E-state index contributed by atoms with van der Waals surface area (Å²) in [5.74, 6) is -1.53. The van der Waals surface area contributed by atoms with Gasteiger partial charge in [0.1, 0.15) is 18.2 Å². The fraction of sp³-hybridized carbons (Fsp3) is 0.348. The Hall–Kier alpha value is -2.61. The van der Waals surface area contributed by atoms with Crippen LogP contribution in [0.4, 0.5) is 8.78 Å². The molecule has 0 amide bonds. The second-order valence-electron chi connectivity index (χ2n) is 7.22. The number of rotatable bonds is 9. The van der Waals surface area contributed by atoms with Crippen molar-refractivity contribution in [3.63, 3.8) is 0 Å². The minimum atomic E-state index is -0.976. The molecule has 0 radical (unpaired) electrons. The number of benzene rings is 2. The first-order chi connectivity index (χ1) is 14.5. The second-order valence-corrected chi connectivity index (χ2v) is 7.22. The number of hydrogen-bond acceptors (Lipinski definition) is 4. The molecule has 0 unspecified atom stereocenters. The summed E-state index contributed by atoms with van der Waals surface area (Å²) in [7, 11) is 0. The van der Waals surface area contributed by atoms with Gasteiger partial charge in [-0.2, -0.15) is 0 Å². The number of ether oxygens (including phenoxy) is 1. The molecule has 1 saturated heterocycles. The van der Waals surface area contributed by atoms with Gasteiger partial charge in [0.15, 0.2) is 0 Å². The summed E-state index contributed by atoms with van der Waals surface area (Å²) in [5, 5.41) is 8.54. The lowest BCUT2D eigenvalue weighted by Gasteiger charge is -2.39. The maximum atomic E-state index is 13.4. The number of carboxylic acid groups (broad SMARTS) is 1. The summed E-state index contributed by atoms with van der Waals surface area (Å²) in [6.45, 7) is 4.12. The Morgan fingerprint density at radius 3 is 1.97 bits per heavy atom. The molecule has 1 aliphatic heterocycles. The fourth-order valence-electron chi connectivity index (χ4n) is 3.61. The predicted octanol–water partition coefficient (Wildman–Crippen LogP) is 3.33. The Bertz CT molecular complexity index is 787. The molecule has 0 aromatic heterocycles. The zero-order valence-corrected chi connectivity index (χ0v) is 16.7. The predicted molar refractivity (Wildman–Crippen MR) is 110 cm³/mol. The highest BCUT2D eigenvalue weighted by molar-refractivity contribution is 5.68. The van der Waals surface area contributed by atoms with Crippen LogP contribution in [0.25, 0.3) is 0 Å². The van der Waals surface area contributed by atoms with E-state index in [4.69, 9.17) is 9.84 Å². The number of carboxylic acids is 1. The highest BCUT2D eigenvalue weighted by atomic mass is 19.1. The molecule has 1 aliphatic rings. The molecule has 3 rings (SSSR count). The monoisotopic (exact) mass is 416 g/mol. The number of aliphatic carboxylic acids is 1. The average Bonchev–Trinajstić information content (AvgIpc) is 2.74. The Morgan fingerprint density at radius 2 is 1.47 bits per heavy atom. The van der Waals surface area contributed by atoms with Crippen molar-refractivity contribution < 1.29 is 23.4 Å². The van der Waals surface area contributed by atoms with Gasteiger partial charge < -0.3 is 9.84 Å². The summed E-state index contributed by atoms with van der Waals surface area (Å²) in [4.78, 5) is 15.0. The zero-order chi connectivity index (χ0) is 21.3. The Balaban J connectivity index is 1.60. The first-order valence-corrected chi connectivity index (χ1v) is 9.95. The molecule has 5 nitrogen and oxygen atoms in total. The lowest BCUT2D eigenvalue weighted by Crippen LogP contribution is -2.47. The van der Waals surface area contributed by atoms with Crippen molar-refractivity contribution in [1.29, 1.82) is 0 Å². The van der Waals surface area contributed by atoms with Crippen LogP contribution in [0.15, 0.2) is 60.7 Å². The molecule has 1 N–H and O–H groups in total. The molecule has 1 fully saturated rings. The molecule has 160 valence electrons. The van der Waals surface area contributed by atoms with E-state index >= 15 is 0 Å². The van der Waals surface area contributed by atoms with Crippen LogP contribution in [0.3, 0.4) is 0 Å². The van der Waals surface area contributed by atoms with Crippen molar-refractivity contribution in [2.45, 2.75) is 6.04 Å². The lowest BCUT2D eigenvalue weighted by molar-refractivity contribution is -0.141. The first kappa shape index (κ1) is 22.1. The van der Waals surface area contributed by atoms with Gasteiger partial charge in [0.2, 0.25) is 0 Å². The molecule has 0 saturated carbocycles. The number of piperazine rings is 1. The van der Waals surface area contributed by atoms with E-state index in [0.717, 1.165) is 43.9 Å². The first-order valence-electron chi connectivity index (χ1n) is 9.95. The molecule has 2 aromatic rings. The Morgan fingerprint density at radius 1 is 0.933 bits per heavy atom. The largest absolute Gasteiger partial charge is 0.480 e. The molecule has 30 heavy (non-hydrogen) atoms. The summed E-state index contributed by atoms with van der Waals surface area (Å²) < 4.78 is 31.8. The third kappa shape index (κ3) is 6.45. The SMILES string of the molecule is O=C(O)COC/C=C\CN1CCN(C(c2ccc(F)cc2)c2ccc(F)cc2)CC1. The molecule has 0 bridgehead atoms. The van der Waals surface area contributed by atoms with Crippen molar-refractivity contribution in [3.05, 3.63) is 83.4 Å². The molecule has 0 atom stereocenters. The van der Waals surface area contributed by atoms with Gasteiger partial charge in [-0.1, -0.05) is 36.4 Å². The van der Waals surface area contributed by atoms with Crippen LogP contribution < -0.4 is 0 Å². The number of carbonyl (C=O) groups is 1. The van der Waals surface area contributed by atoms with Gasteiger partial charge in [0.05, 0.1) is 12.6 Å². The van der Waals surface area contributed by atoms with Gasteiger partial charge in [-0.05, 0) is 35.4 Å². The molecular weight excluding hydrogens is 390 g/mol. The topological polar surface area (TPSA) is 53.0 Å². The normalized spacial score (nSPS) is 15.8. The quantitative estimate of drug-likeness (QED) is 0.502. The van der Waals surface area contributed by atoms with Gasteiger partial charge in [-0.3, -0.25) is 9.80 Å². The summed E-state index contributed by atoms with van der Waals surface area (Å²) in [5.41, 5.74) is 1.96. The smallest absolute Gasteiger partial charge is 0.329 e. The highest BCUT2D eigenvalue weighted by Crippen LogP contribution is 2.30. The van der Waals surface area contributed by atoms with Crippen LogP contribution in [-0.2, 0) is 9.53 Å². The molecule has 0 spiro atoms. The Kier molecular flexibility index (Phi) is 8.07. The van der Waals surface area contributed by atoms with E-state index in [0.29, 0.717) is 0 Å². The van der Waals surface area contributed by atoms with Crippen molar-refractivity contribution in [3.8, 4) is 0 Å². The number of hydrogen-bond donors (Lipinski definition) is 1. The minimum absolute atomic E-state index is 0.0617. The van der Waals surface area contributed by atoms with Crippen LogP contribution in [0.2, 0.25) is 0 Å². The molecule has 7 heteroatoms. The molecular formula is C23H26F2N2O3. The van der Waals surface area contributed by atoms with E-state index in [-0.39, 0.29) is 30.9 Å². The summed E-state index contributed by atoms with van der Waals surface area (Å²) >= 11 is 0. The van der Waals surface area contributed by atoms with Gasteiger partial charge in [0, 0.05) is 32.7 Å². The van der Waals surface area contributed by atoms with E-state index in [1.54, 1.807) is 24.3 Å². The van der Waals surface area contributed by atoms with Gasteiger partial charge >= 0.3 is 5.97 Å². The van der Waals surface area contributed by atoms with E-state index < -0.39 is 5.97 Å². The van der Waals surface area contributed by atoms with Crippen molar-refractivity contribution in [2.24, 2.45) is 0 Å². The van der Waals surface area contributed by atoms with Gasteiger partial charge in [0.25, 0.3) is 0 Å². The second kappa shape index (κ2) is 11.0. The summed E-state index contributed by atoms with van der Waals surface area (Å²) in [6.07, 6.45) is 3.81. The van der Waals surface area contributed by atoms with Gasteiger partial charge in [-0.25, -0.2) is 13.6 Å². The van der Waals surface area contributed by atoms with Crippen molar-refractivity contribution >= 4 is 5.97 Å². The third-order valence-electron chi connectivity index (χ3n) is 5.11. The van der Waals surface area contributed by atoms with E-state index in [1.807, 2.05) is 12.2 Å². The lowest BCUT2D eigenvalue weighted by atomic mass is 9.96. The number of nitrogens with zero attached hydrogens (tertiary/aromatic N) is 2. The molecule has 0 aliphatic carbocycles. The van der Waals surface area contributed by atoms with E-state index in [2.05, 4.69) is 9.80 Å². The van der Waals surface area contributed by atoms with E-state index in [1.165, 1.54) is 24.3 Å². The zero-order valence-electron chi connectivity index (χ0n) is 16.7. The van der Waals surface area contributed by atoms with Crippen LogP contribution in [0.5, 0.6) is 0 Å². The van der Waals surface area contributed by atoms with Crippen molar-refractivity contribution in [1.82, 2.24) is 9.80 Å². The fourth-order valence-corrected chi connectivity index (χ4v) is 3.61. The average molecular weight is 416 g/mol. The maximum Gasteiger partial charge on any atom is 0.329 e. The van der Waals surface area contributed by atoms with Crippen LogP contribution in [-0.4, -0.2) is 66.8 Å². The minimum Gasteiger partial charge on any atom is -0.480 e. The Labute approximate surface area is 175 Å². The third-order valence-corrected chi connectivity index (χ3v) is 5.11. The van der Waals surface area contributed by atoms with Crippen LogP contribution in [0.1, 0.15) is 17.2 Å².